The lowest BCUT2D eigenvalue weighted by Crippen LogP contribution is -3.11. The Balaban J connectivity index is 2.25. The maximum atomic E-state index is 9.68. The molecule has 112 valence electrons. The summed E-state index contributed by atoms with van der Waals surface area (Å²) in [4.78, 5) is 1.48. The number of ether oxygens (including phenoxy) is 1. The lowest BCUT2D eigenvalue weighted by atomic mass is 9.61. The van der Waals surface area contributed by atoms with Crippen molar-refractivity contribution in [1.82, 2.24) is 10.2 Å². The van der Waals surface area contributed by atoms with E-state index in [2.05, 4.69) is 37.2 Å². The summed E-state index contributed by atoms with van der Waals surface area (Å²) in [6.07, 6.45) is 1.73. The summed E-state index contributed by atoms with van der Waals surface area (Å²) >= 11 is 0. The first kappa shape index (κ1) is 14.0. The number of piperidine rings is 1. The highest BCUT2D eigenvalue weighted by atomic mass is 16.5. The predicted octanol–water partition coefficient (Wildman–Crippen LogP) is -0.149. The molecule has 6 nitrogen and oxygen atoms in total. The normalized spacial score (nSPS) is 31.7. The van der Waals surface area contributed by atoms with Gasteiger partial charge in [0.05, 0.1) is 25.6 Å². The van der Waals surface area contributed by atoms with Crippen LogP contribution in [0.2, 0.25) is 0 Å². The number of nitriles is 1. The van der Waals surface area contributed by atoms with Crippen LogP contribution in [0.4, 0.5) is 0 Å². The van der Waals surface area contributed by atoms with Gasteiger partial charge in [-0.3, -0.25) is 5.10 Å². The first-order valence-electron chi connectivity index (χ1n) is 7.51. The van der Waals surface area contributed by atoms with Crippen LogP contribution in [-0.2, 0) is 11.8 Å². The number of aromatic nitrogens is 2. The predicted molar refractivity (Wildman–Crippen MR) is 77.5 cm³/mol. The van der Waals surface area contributed by atoms with Crippen LogP contribution in [0.25, 0.3) is 0 Å². The van der Waals surface area contributed by atoms with Crippen molar-refractivity contribution in [2.75, 3.05) is 20.1 Å². The van der Waals surface area contributed by atoms with Crippen LogP contribution >= 0.6 is 0 Å². The molecule has 2 aliphatic heterocycles. The van der Waals surface area contributed by atoms with E-state index in [4.69, 9.17) is 10.5 Å². The summed E-state index contributed by atoms with van der Waals surface area (Å²) in [7, 11) is 2.19. The van der Waals surface area contributed by atoms with Gasteiger partial charge in [0.25, 0.3) is 0 Å². The first-order valence-corrected chi connectivity index (χ1v) is 7.51. The van der Waals surface area contributed by atoms with Gasteiger partial charge >= 0.3 is 0 Å². The molecule has 3 heterocycles. The molecule has 1 aromatic rings. The van der Waals surface area contributed by atoms with Gasteiger partial charge in [0, 0.05) is 23.6 Å². The van der Waals surface area contributed by atoms with Crippen LogP contribution in [-0.4, -0.2) is 30.3 Å². The fourth-order valence-corrected chi connectivity index (χ4v) is 4.00. The molecule has 0 aliphatic carbocycles. The second-order valence-electron chi connectivity index (χ2n) is 6.22. The second kappa shape index (κ2) is 4.78. The molecule has 21 heavy (non-hydrogen) atoms. The Kier molecular flexibility index (Phi) is 3.18. The third-order valence-electron chi connectivity index (χ3n) is 5.06. The van der Waals surface area contributed by atoms with Gasteiger partial charge in [-0.05, 0) is 6.42 Å². The van der Waals surface area contributed by atoms with Gasteiger partial charge in [0.1, 0.15) is 11.6 Å². The number of nitrogens with zero attached hydrogens (tertiary/aromatic N) is 2. The first-order chi connectivity index (χ1) is 10.0. The Bertz CT molecular complexity index is 641. The number of quaternary nitrogens is 1. The molecule has 0 aromatic carbocycles. The average molecular weight is 288 g/mol. The number of nitrogens with two attached hydrogens (primary N) is 1. The largest absolute Gasteiger partial charge is 0.420 e. The van der Waals surface area contributed by atoms with Crippen LogP contribution < -0.4 is 15.4 Å². The van der Waals surface area contributed by atoms with Crippen molar-refractivity contribution < 1.29 is 9.64 Å². The van der Waals surface area contributed by atoms with Gasteiger partial charge in [-0.2, -0.15) is 5.26 Å². The number of aryl methyl sites for hydroxylation is 1. The maximum absolute atomic E-state index is 9.68. The molecule has 1 unspecified atom stereocenters. The standard InChI is InChI=1S/C15H21N5O/c1-4-11-12-14(19-18-11)21-13(17)10(7-16)15(12)5-6-20(3)8-9(15)2/h9H,4-6,8,17H2,1-3H3,(H,18,19)/p+1/t9-,15+/m0/s1. The molecule has 0 amide bonds. The van der Waals surface area contributed by atoms with Crippen molar-refractivity contribution in [2.24, 2.45) is 11.7 Å². The van der Waals surface area contributed by atoms with E-state index in [1.807, 2.05) is 0 Å². The van der Waals surface area contributed by atoms with E-state index in [1.165, 1.54) is 4.90 Å². The number of fused-ring (bicyclic) bond motifs is 2. The van der Waals surface area contributed by atoms with E-state index >= 15 is 0 Å². The summed E-state index contributed by atoms with van der Waals surface area (Å²) in [6.45, 7) is 6.30. The molecule has 3 atom stereocenters. The number of hydrogen-bond donors (Lipinski definition) is 3. The second-order valence-corrected chi connectivity index (χ2v) is 6.22. The van der Waals surface area contributed by atoms with E-state index < -0.39 is 0 Å². The Hall–Kier alpha value is -2.00. The van der Waals surface area contributed by atoms with Crippen LogP contribution in [0.3, 0.4) is 0 Å². The molecule has 1 spiro atoms. The topological polar surface area (TPSA) is 92.2 Å². The quantitative estimate of drug-likeness (QED) is 0.670. The molecular weight excluding hydrogens is 266 g/mol. The van der Waals surface area contributed by atoms with Gasteiger partial charge in [0.2, 0.25) is 11.8 Å². The smallest absolute Gasteiger partial charge is 0.244 e. The number of likely N-dealkylation sites (tertiary alicyclic amines) is 1. The van der Waals surface area contributed by atoms with E-state index in [1.54, 1.807) is 0 Å². The van der Waals surface area contributed by atoms with Gasteiger partial charge < -0.3 is 15.4 Å². The number of hydrogen-bond acceptors (Lipinski definition) is 4. The lowest BCUT2D eigenvalue weighted by molar-refractivity contribution is -0.890. The van der Waals surface area contributed by atoms with Crippen molar-refractivity contribution in [3.8, 4) is 11.9 Å². The average Bonchev–Trinajstić information content (AvgIpc) is 2.86. The van der Waals surface area contributed by atoms with Crippen LogP contribution in [0.1, 0.15) is 31.5 Å². The minimum atomic E-state index is -0.357. The van der Waals surface area contributed by atoms with Crippen molar-refractivity contribution in [2.45, 2.75) is 32.1 Å². The van der Waals surface area contributed by atoms with E-state index in [0.29, 0.717) is 17.4 Å². The zero-order chi connectivity index (χ0) is 15.2. The summed E-state index contributed by atoms with van der Waals surface area (Å²) < 4.78 is 5.61. The lowest BCUT2D eigenvalue weighted by Gasteiger charge is -2.45. The zero-order valence-electron chi connectivity index (χ0n) is 12.8. The van der Waals surface area contributed by atoms with Crippen molar-refractivity contribution in [3.05, 3.63) is 22.7 Å². The summed E-state index contributed by atoms with van der Waals surface area (Å²) in [6, 6.07) is 2.32. The van der Waals surface area contributed by atoms with Crippen LogP contribution in [0.5, 0.6) is 5.88 Å². The molecule has 3 rings (SSSR count). The van der Waals surface area contributed by atoms with E-state index in [-0.39, 0.29) is 11.3 Å². The SMILES string of the molecule is CCc1[nH]nc2c1[C@@]1(CC[NH+](C)C[C@@H]1C)C(C#N)=C(N)O2. The Morgan fingerprint density at radius 3 is 3.00 bits per heavy atom. The molecular formula is C15H22N5O+. The number of nitrogens with one attached hydrogen (secondary N) is 2. The summed E-state index contributed by atoms with van der Waals surface area (Å²) in [5, 5.41) is 17.0. The molecule has 2 aliphatic rings. The number of rotatable bonds is 1. The minimum Gasteiger partial charge on any atom is -0.420 e. The fraction of sp³-hybridized carbons (Fsp3) is 0.600. The van der Waals surface area contributed by atoms with Crippen molar-refractivity contribution >= 4 is 0 Å². The zero-order valence-corrected chi connectivity index (χ0v) is 12.8. The fourth-order valence-electron chi connectivity index (χ4n) is 4.00. The third kappa shape index (κ3) is 1.77. The van der Waals surface area contributed by atoms with E-state index in [9.17, 15) is 5.26 Å². The number of aromatic amines is 1. The summed E-state index contributed by atoms with van der Waals surface area (Å²) in [5.41, 5.74) is 8.35. The van der Waals surface area contributed by atoms with Crippen molar-refractivity contribution in [1.29, 1.82) is 5.26 Å². The molecule has 4 N–H and O–H groups in total. The van der Waals surface area contributed by atoms with Crippen LogP contribution in [0, 0.1) is 17.2 Å². The monoisotopic (exact) mass is 288 g/mol. The molecule has 1 aromatic heterocycles. The maximum Gasteiger partial charge on any atom is 0.244 e. The highest BCUT2D eigenvalue weighted by Crippen LogP contribution is 2.50. The highest BCUT2D eigenvalue weighted by Gasteiger charge is 2.53. The highest BCUT2D eigenvalue weighted by molar-refractivity contribution is 5.55. The molecule has 6 heteroatoms. The van der Waals surface area contributed by atoms with Crippen LogP contribution in [0.15, 0.2) is 11.5 Å². The minimum absolute atomic E-state index is 0.213. The van der Waals surface area contributed by atoms with Gasteiger partial charge in [-0.25, -0.2) is 0 Å². The van der Waals surface area contributed by atoms with Crippen molar-refractivity contribution in [3.63, 3.8) is 0 Å². The molecule has 0 bridgehead atoms. The summed E-state index contributed by atoms with van der Waals surface area (Å²) in [5.74, 6) is 1.07. The molecule has 1 saturated heterocycles. The van der Waals surface area contributed by atoms with Gasteiger partial charge in [0.15, 0.2) is 0 Å². The van der Waals surface area contributed by atoms with Gasteiger partial charge in [-0.15, -0.1) is 5.10 Å². The van der Waals surface area contributed by atoms with E-state index in [0.717, 1.165) is 37.2 Å². The number of allylic oxidation sites excluding steroid dienone is 1. The molecule has 1 fully saturated rings. The Morgan fingerprint density at radius 1 is 1.62 bits per heavy atom. The van der Waals surface area contributed by atoms with Gasteiger partial charge in [-0.1, -0.05) is 13.8 Å². The molecule has 0 saturated carbocycles. The third-order valence-corrected chi connectivity index (χ3v) is 5.06. The Morgan fingerprint density at radius 2 is 2.38 bits per heavy atom. The molecule has 0 radical (unpaired) electrons. The number of H-pyrrole nitrogens is 1. The Labute approximate surface area is 124 Å².